The van der Waals surface area contributed by atoms with Crippen molar-refractivity contribution in [2.75, 3.05) is 19.6 Å². The molecular weight excluding hydrogens is 397 g/mol. The number of unbranched alkanes of at least 4 members (excludes halogenated alkanes) is 1. The van der Waals surface area contributed by atoms with Crippen LogP contribution >= 0.6 is 0 Å². The number of amides is 1. The molecule has 168 valence electrons. The number of carboxylic acids is 1. The molecule has 1 spiro atoms. The highest BCUT2D eigenvalue weighted by atomic mass is 19.4. The minimum absolute atomic E-state index is 0.119. The maximum Gasteiger partial charge on any atom is 0.490 e. The number of carboxylic acid groups (broad SMARTS) is 1. The lowest BCUT2D eigenvalue weighted by molar-refractivity contribution is -0.192. The molecule has 5 nitrogen and oxygen atoms in total. The van der Waals surface area contributed by atoms with Crippen LogP contribution in [-0.4, -0.2) is 58.1 Å². The summed E-state index contributed by atoms with van der Waals surface area (Å²) in [6, 6.07) is 10.5. The smallest absolute Gasteiger partial charge is 0.475 e. The first-order valence-electron chi connectivity index (χ1n) is 10.5. The SMILES string of the molecule is CCCCN1CCCC2(CCC(=O)N2Cc2ccccc2)CC1.O=C(O)C(F)(F)F. The van der Waals surface area contributed by atoms with Gasteiger partial charge in [0.25, 0.3) is 0 Å². The van der Waals surface area contributed by atoms with Crippen molar-refractivity contribution in [2.45, 2.75) is 70.1 Å². The van der Waals surface area contributed by atoms with E-state index in [-0.39, 0.29) is 5.54 Å². The number of carbonyl (C=O) groups excluding carboxylic acids is 1. The molecule has 1 aromatic rings. The van der Waals surface area contributed by atoms with Crippen LogP contribution in [0.3, 0.4) is 0 Å². The number of benzene rings is 1. The van der Waals surface area contributed by atoms with E-state index in [0.717, 1.165) is 32.4 Å². The summed E-state index contributed by atoms with van der Waals surface area (Å²) in [4.78, 5) is 26.3. The molecule has 8 heteroatoms. The van der Waals surface area contributed by atoms with Gasteiger partial charge in [0, 0.05) is 25.0 Å². The Bertz CT molecular complexity index is 697. The molecule has 1 unspecified atom stereocenters. The highest BCUT2D eigenvalue weighted by Crippen LogP contribution is 2.40. The predicted octanol–water partition coefficient (Wildman–Crippen LogP) is 4.47. The van der Waals surface area contributed by atoms with Gasteiger partial charge in [-0.1, -0.05) is 43.7 Å². The van der Waals surface area contributed by atoms with Gasteiger partial charge in [0.15, 0.2) is 0 Å². The Morgan fingerprint density at radius 3 is 2.40 bits per heavy atom. The van der Waals surface area contributed by atoms with Crippen LogP contribution in [0.1, 0.15) is 57.4 Å². The van der Waals surface area contributed by atoms with Crippen LogP contribution in [0.15, 0.2) is 30.3 Å². The van der Waals surface area contributed by atoms with Crippen LogP contribution < -0.4 is 0 Å². The van der Waals surface area contributed by atoms with Crippen molar-refractivity contribution >= 4 is 11.9 Å². The Balaban J connectivity index is 0.000000396. The molecule has 30 heavy (non-hydrogen) atoms. The summed E-state index contributed by atoms with van der Waals surface area (Å²) in [5.41, 5.74) is 1.38. The lowest BCUT2D eigenvalue weighted by Crippen LogP contribution is -2.45. The molecule has 0 aliphatic carbocycles. The standard InChI is InChI=1S/C20H30N2O.C2HF3O2/c1-2-3-14-21-15-7-11-20(13-16-21)12-10-19(23)22(20)17-18-8-5-4-6-9-18;3-2(4,5)1(6)7/h4-6,8-9H,2-3,7,10-17H2,1H3;(H,6,7). The third-order valence-electron chi connectivity index (χ3n) is 5.94. The zero-order chi connectivity index (χ0) is 22.2. The Kier molecular flexibility index (Phi) is 8.70. The summed E-state index contributed by atoms with van der Waals surface area (Å²) in [5, 5.41) is 7.12. The molecule has 1 atom stereocenters. The molecule has 0 bridgehead atoms. The van der Waals surface area contributed by atoms with Crippen LogP contribution in [0.5, 0.6) is 0 Å². The first-order chi connectivity index (χ1) is 14.2. The molecular formula is C22H31F3N2O3. The highest BCUT2D eigenvalue weighted by Gasteiger charge is 2.45. The molecule has 0 saturated carbocycles. The molecule has 2 aliphatic rings. The van der Waals surface area contributed by atoms with Gasteiger partial charge in [-0.05, 0) is 50.8 Å². The zero-order valence-electron chi connectivity index (χ0n) is 17.5. The van der Waals surface area contributed by atoms with Crippen molar-refractivity contribution < 1.29 is 27.9 Å². The Morgan fingerprint density at radius 2 is 1.80 bits per heavy atom. The van der Waals surface area contributed by atoms with Gasteiger partial charge in [-0.2, -0.15) is 13.2 Å². The second-order valence-electron chi connectivity index (χ2n) is 8.04. The predicted molar refractivity (Wildman–Crippen MR) is 108 cm³/mol. The van der Waals surface area contributed by atoms with E-state index in [9.17, 15) is 18.0 Å². The van der Waals surface area contributed by atoms with E-state index in [2.05, 4.69) is 41.0 Å². The minimum atomic E-state index is -5.08. The second-order valence-corrected chi connectivity index (χ2v) is 8.04. The Labute approximate surface area is 175 Å². The maximum absolute atomic E-state index is 12.5. The number of alkyl halides is 3. The normalized spacial score (nSPS) is 22.5. The van der Waals surface area contributed by atoms with Crippen molar-refractivity contribution in [2.24, 2.45) is 0 Å². The maximum atomic E-state index is 12.5. The fraction of sp³-hybridized carbons (Fsp3) is 0.636. The molecule has 2 saturated heterocycles. The van der Waals surface area contributed by atoms with Crippen molar-refractivity contribution in [3.8, 4) is 0 Å². The molecule has 1 aromatic carbocycles. The van der Waals surface area contributed by atoms with Crippen molar-refractivity contribution in [1.29, 1.82) is 0 Å². The highest BCUT2D eigenvalue weighted by molar-refractivity contribution is 5.79. The molecule has 0 aromatic heterocycles. The second kappa shape index (κ2) is 10.8. The molecule has 0 radical (unpaired) electrons. The van der Waals surface area contributed by atoms with Crippen LogP contribution in [0.25, 0.3) is 0 Å². The molecule has 2 aliphatic heterocycles. The summed E-state index contributed by atoms with van der Waals surface area (Å²) >= 11 is 0. The number of hydrogen-bond donors (Lipinski definition) is 1. The number of hydrogen-bond acceptors (Lipinski definition) is 3. The topological polar surface area (TPSA) is 60.9 Å². The average molecular weight is 428 g/mol. The van der Waals surface area contributed by atoms with Gasteiger partial charge < -0.3 is 14.9 Å². The number of likely N-dealkylation sites (tertiary alicyclic amines) is 2. The summed E-state index contributed by atoms with van der Waals surface area (Å²) in [6.07, 6.45) is 2.81. The van der Waals surface area contributed by atoms with Crippen LogP contribution in [-0.2, 0) is 16.1 Å². The number of carbonyl (C=O) groups is 2. The average Bonchev–Trinajstić information content (AvgIpc) is 2.88. The first-order valence-corrected chi connectivity index (χ1v) is 10.5. The van der Waals surface area contributed by atoms with E-state index in [4.69, 9.17) is 9.90 Å². The van der Waals surface area contributed by atoms with E-state index in [0.29, 0.717) is 5.91 Å². The Morgan fingerprint density at radius 1 is 1.13 bits per heavy atom. The number of nitrogens with zero attached hydrogens (tertiary/aromatic N) is 2. The van der Waals surface area contributed by atoms with Crippen molar-refractivity contribution in [3.05, 3.63) is 35.9 Å². The van der Waals surface area contributed by atoms with Gasteiger partial charge in [-0.25, -0.2) is 4.79 Å². The first kappa shape index (κ1) is 24.2. The fourth-order valence-electron chi connectivity index (χ4n) is 4.26. The third-order valence-corrected chi connectivity index (χ3v) is 5.94. The number of aliphatic carboxylic acids is 1. The monoisotopic (exact) mass is 428 g/mol. The summed E-state index contributed by atoms with van der Waals surface area (Å²) in [6.45, 7) is 6.62. The molecule has 1 N–H and O–H groups in total. The van der Waals surface area contributed by atoms with Crippen molar-refractivity contribution in [3.63, 3.8) is 0 Å². The van der Waals surface area contributed by atoms with Gasteiger partial charge in [-0.3, -0.25) is 4.79 Å². The summed E-state index contributed by atoms with van der Waals surface area (Å²) < 4.78 is 31.7. The van der Waals surface area contributed by atoms with Crippen LogP contribution in [0.2, 0.25) is 0 Å². The minimum Gasteiger partial charge on any atom is -0.475 e. The van der Waals surface area contributed by atoms with Crippen LogP contribution in [0, 0.1) is 0 Å². The quantitative estimate of drug-likeness (QED) is 0.752. The Hall–Kier alpha value is -2.09. The van der Waals surface area contributed by atoms with Gasteiger partial charge in [0.2, 0.25) is 5.91 Å². The van der Waals surface area contributed by atoms with E-state index in [1.165, 1.54) is 44.3 Å². The lowest BCUT2D eigenvalue weighted by atomic mass is 9.87. The third kappa shape index (κ3) is 6.72. The molecule has 1 amide bonds. The van der Waals surface area contributed by atoms with E-state index < -0.39 is 12.1 Å². The van der Waals surface area contributed by atoms with Gasteiger partial charge >= 0.3 is 12.1 Å². The summed E-state index contributed by atoms with van der Waals surface area (Å²) in [5.74, 6) is -2.40. The zero-order valence-corrected chi connectivity index (χ0v) is 17.5. The van der Waals surface area contributed by atoms with Gasteiger partial charge in [-0.15, -0.1) is 0 Å². The lowest BCUT2D eigenvalue weighted by Gasteiger charge is -2.38. The van der Waals surface area contributed by atoms with Gasteiger partial charge in [0.1, 0.15) is 0 Å². The van der Waals surface area contributed by atoms with Crippen LogP contribution in [0.4, 0.5) is 13.2 Å². The van der Waals surface area contributed by atoms with E-state index >= 15 is 0 Å². The number of rotatable bonds is 5. The molecule has 2 heterocycles. The summed E-state index contributed by atoms with van der Waals surface area (Å²) in [7, 11) is 0. The van der Waals surface area contributed by atoms with E-state index in [1.807, 2.05) is 6.07 Å². The number of halogens is 3. The van der Waals surface area contributed by atoms with Gasteiger partial charge in [0.05, 0.1) is 0 Å². The molecule has 2 fully saturated rings. The fourth-order valence-corrected chi connectivity index (χ4v) is 4.26. The molecule has 3 rings (SSSR count). The van der Waals surface area contributed by atoms with Crippen molar-refractivity contribution in [1.82, 2.24) is 9.80 Å². The van der Waals surface area contributed by atoms with E-state index in [1.54, 1.807) is 0 Å². The largest absolute Gasteiger partial charge is 0.490 e.